The van der Waals surface area contributed by atoms with Gasteiger partial charge in [0.25, 0.3) is 0 Å². The molecule has 0 bridgehead atoms. The van der Waals surface area contributed by atoms with Gasteiger partial charge in [0, 0.05) is 12.1 Å². The Bertz CT molecular complexity index is 844. The first kappa shape index (κ1) is 12.8. The van der Waals surface area contributed by atoms with Crippen LogP contribution in [0.3, 0.4) is 0 Å². The minimum absolute atomic E-state index is 0.659. The molecule has 0 N–H and O–H groups in total. The molecular formula is C20H15NO. The summed E-state index contributed by atoms with van der Waals surface area (Å²) in [5, 5.41) is 13.0. The minimum atomic E-state index is 0.659. The van der Waals surface area contributed by atoms with E-state index in [1.165, 1.54) is 0 Å². The van der Waals surface area contributed by atoms with Crippen molar-refractivity contribution in [2.45, 2.75) is 6.92 Å². The zero-order valence-electron chi connectivity index (χ0n) is 12.3. The molecule has 0 saturated carbocycles. The Balaban J connectivity index is 2.02. The molecule has 106 valence electrons. The molecule has 0 saturated heterocycles. The number of nitrogens with zero attached hydrogens (tertiary/aromatic N) is 1. The molecule has 1 aliphatic carbocycles. The van der Waals surface area contributed by atoms with Crippen LogP contribution < -0.4 is 0 Å². The van der Waals surface area contributed by atoms with Crippen molar-refractivity contribution in [1.82, 2.24) is 0 Å². The Morgan fingerprint density at radius 2 is 1.09 bits per heavy atom. The van der Waals surface area contributed by atoms with Crippen LogP contribution in [-0.4, -0.2) is 10.5 Å². The molecule has 2 nitrogen and oxygen atoms in total. The lowest BCUT2D eigenvalue weighted by Crippen LogP contribution is -2.12. The van der Waals surface area contributed by atoms with Gasteiger partial charge in [0.15, 0.2) is 0 Å². The second-order valence-electron chi connectivity index (χ2n) is 5.57. The van der Waals surface area contributed by atoms with Crippen LogP contribution in [0.15, 0.2) is 72.8 Å². The number of rotatable bonds is 1. The SMILES string of the molecule is Cc1ccc([N+]([O-])=C2c3ccccc3-c3ccccc32)cc1. The molecule has 0 amide bonds. The van der Waals surface area contributed by atoms with Gasteiger partial charge in [0.05, 0.1) is 11.1 Å². The molecule has 22 heavy (non-hydrogen) atoms. The molecule has 0 unspecified atom stereocenters. The standard InChI is InChI=1S/C20H15NO/c1-14-10-12-15(13-11-14)21(22)20-18-8-4-2-6-16(18)17-7-3-5-9-19(17)20/h2-13H,1H3. The van der Waals surface area contributed by atoms with Crippen LogP contribution in [-0.2, 0) is 0 Å². The summed E-state index contributed by atoms with van der Waals surface area (Å²) in [5.74, 6) is 0. The molecular weight excluding hydrogens is 270 g/mol. The summed E-state index contributed by atoms with van der Waals surface area (Å²) >= 11 is 0. The number of fused-ring (bicyclic) bond motifs is 3. The second-order valence-corrected chi connectivity index (χ2v) is 5.57. The molecule has 0 atom stereocenters. The summed E-state index contributed by atoms with van der Waals surface area (Å²) in [6, 6.07) is 23.8. The van der Waals surface area contributed by atoms with Crippen molar-refractivity contribution >= 4 is 11.4 Å². The highest BCUT2D eigenvalue weighted by Gasteiger charge is 2.30. The zero-order chi connectivity index (χ0) is 15.1. The molecule has 0 spiro atoms. The van der Waals surface area contributed by atoms with E-state index in [0.29, 0.717) is 5.69 Å². The monoisotopic (exact) mass is 285 g/mol. The third-order valence-electron chi connectivity index (χ3n) is 4.13. The maximum atomic E-state index is 13.0. The van der Waals surface area contributed by atoms with E-state index in [1.54, 1.807) is 0 Å². The van der Waals surface area contributed by atoms with Crippen LogP contribution in [0, 0.1) is 12.1 Å². The first-order valence-corrected chi connectivity index (χ1v) is 7.36. The van der Waals surface area contributed by atoms with Gasteiger partial charge in [-0.05, 0) is 30.2 Å². The quantitative estimate of drug-likeness (QED) is 0.284. The van der Waals surface area contributed by atoms with Gasteiger partial charge in [-0.25, -0.2) is 0 Å². The summed E-state index contributed by atoms with van der Waals surface area (Å²) in [5.41, 5.74) is 6.79. The summed E-state index contributed by atoms with van der Waals surface area (Å²) in [6.07, 6.45) is 0. The van der Waals surface area contributed by atoms with Crippen molar-refractivity contribution in [3.05, 3.63) is 94.7 Å². The average molecular weight is 285 g/mol. The second kappa shape index (κ2) is 4.85. The smallest absolute Gasteiger partial charge is 0.232 e. The Hall–Kier alpha value is -2.87. The van der Waals surface area contributed by atoms with Crippen molar-refractivity contribution in [3.8, 4) is 11.1 Å². The first-order chi connectivity index (χ1) is 10.8. The fraction of sp³-hybridized carbons (Fsp3) is 0.0500. The van der Waals surface area contributed by atoms with E-state index in [0.717, 1.165) is 38.3 Å². The fourth-order valence-electron chi connectivity index (χ4n) is 3.02. The number of hydrogen-bond acceptors (Lipinski definition) is 1. The molecule has 2 heteroatoms. The van der Waals surface area contributed by atoms with Gasteiger partial charge in [-0.2, -0.15) is 4.74 Å². The zero-order valence-corrected chi connectivity index (χ0v) is 12.3. The molecule has 1 aliphatic rings. The van der Waals surface area contributed by atoms with E-state index in [2.05, 4.69) is 12.1 Å². The number of aryl methyl sites for hydroxylation is 1. The summed E-state index contributed by atoms with van der Waals surface area (Å²) in [7, 11) is 0. The van der Waals surface area contributed by atoms with E-state index in [4.69, 9.17) is 0 Å². The third kappa shape index (κ3) is 1.85. The van der Waals surface area contributed by atoms with Gasteiger partial charge in [-0.1, -0.05) is 54.1 Å². The van der Waals surface area contributed by atoms with Gasteiger partial charge >= 0.3 is 0 Å². The highest BCUT2D eigenvalue weighted by molar-refractivity contribution is 6.22. The number of benzene rings is 3. The molecule has 0 aliphatic heterocycles. The average Bonchev–Trinajstić information content (AvgIpc) is 2.89. The van der Waals surface area contributed by atoms with Gasteiger partial charge < -0.3 is 5.21 Å². The van der Waals surface area contributed by atoms with E-state index in [1.807, 2.05) is 67.6 Å². The van der Waals surface area contributed by atoms with E-state index >= 15 is 0 Å². The molecule has 0 heterocycles. The van der Waals surface area contributed by atoms with E-state index in [9.17, 15) is 5.21 Å². The van der Waals surface area contributed by atoms with Crippen LogP contribution in [0.4, 0.5) is 5.69 Å². The largest absolute Gasteiger partial charge is 0.618 e. The highest BCUT2D eigenvalue weighted by atomic mass is 16.5. The fourth-order valence-corrected chi connectivity index (χ4v) is 3.02. The highest BCUT2D eigenvalue weighted by Crippen LogP contribution is 2.37. The van der Waals surface area contributed by atoms with Crippen molar-refractivity contribution in [2.24, 2.45) is 0 Å². The Labute approximate surface area is 129 Å². The molecule has 0 fully saturated rings. The van der Waals surface area contributed by atoms with E-state index < -0.39 is 0 Å². The van der Waals surface area contributed by atoms with Crippen molar-refractivity contribution in [1.29, 1.82) is 0 Å². The molecule has 4 rings (SSSR count). The molecule has 0 radical (unpaired) electrons. The topological polar surface area (TPSA) is 26.1 Å². The maximum absolute atomic E-state index is 13.0. The molecule has 0 aromatic heterocycles. The van der Waals surface area contributed by atoms with Crippen LogP contribution >= 0.6 is 0 Å². The normalized spacial score (nSPS) is 12.0. The minimum Gasteiger partial charge on any atom is -0.618 e. The van der Waals surface area contributed by atoms with Crippen molar-refractivity contribution in [3.63, 3.8) is 0 Å². The summed E-state index contributed by atoms with van der Waals surface area (Å²) < 4.78 is 1.05. The number of hydrogen-bond donors (Lipinski definition) is 0. The van der Waals surface area contributed by atoms with Gasteiger partial charge in [-0.3, -0.25) is 0 Å². The van der Waals surface area contributed by atoms with Crippen LogP contribution in [0.1, 0.15) is 16.7 Å². The Kier molecular flexibility index (Phi) is 2.83. The predicted octanol–water partition coefficient (Wildman–Crippen LogP) is 4.65. The lowest BCUT2D eigenvalue weighted by molar-refractivity contribution is -0.359. The Morgan fingerprint density at radius 3 is 1.59 bits per heavy atom. The lowest BCUT2D eigenvalue weighted by Gasteiger charge is -2.08. The predicted molar refractivity (Wildman–Crippen MR) is 89.6 cm³/mol. The first-order valence-electron chi connectivity index (χ1n) is 7.36. The van der Waals surface area contributed by atoms with Crippen LogP contribution in [0.5, 0.6) is 0 Å². The third-order valence-corrected chi connectivity index (χ3v) is 4.13. The van der Waals surface area contributed by atoms with Gasteiger partial charge in [0.1, 0.15) is 0 Å². The maximum Gasteiger partial charge on any atom is 0.232 e. The molecule has 3 aromatic rings. The van der Waals surface area contributed by atoms with Crippen LogP contribution in [0.25, 0.3) is 11.1 Å². The van der Waals surface area contributed by atoms with Crippen molar-refractivity contribution < 1.29 is 4.74 Å². The summed E-state index contributed by atoms with van der Waals surface area (Å²) in [4.78, 5) is 0. The van der Waals surface area contributed by atoms with Crippen LogP contribution in [0.2, 0.25) is 0 Å². The molecule has 3 aromatic carbocycles. The van der Waals surface area contributed by atoms with Gasteiger partial charge in [-0.15, -0.1) is 0 Å². The lowest BCUT2D eigenvalue weighted by atomic mass is 10.1. The van der Waals surface area contributed by atoms with Crippen molar-refractivity contribution in [2.75, 3.05) is 0 Å². The summed E-state index contributed by atoms with van der Waals surface area (Å²) in [6.45, 7) is 2.02. The van der Waals surface area contributed by atoms with E-state index in [-0.39, 0.29) is 0 Å². The van der Waals surface area contributed by atoms with Gasteiger partial charge in [0.2, 0.25) is 11.4 Å². The Morgan fingerprint density at radius 1 is 0.636 bits per heavy atom.